The number of cyclic esters (lactones) is 1. The molecule has 31 heavy (non-hydrogen) atoms. The fraction of sp³-hybridized carbons (Fsp3) is 0.0435. The van der Waals surface area contributed by atoms with Gasteiger partial charge in [-0.05, 0) is 59.7 Å². The first-order valence-electron chi connectivity index (χ1n) is 9.04. The molecule has 0 N–H and O–H groups in total. The quantitative estimate of drug-likeness (QED) is 0.279. The third kappa shape index (κ3) is 5.23. The van der Waals surface area contributed by atoms with Crippen molar-refractivity contribution < 1.29 is 14.3 Å². The lowest BCUT2D eigenvalue weighted by Crippen LogP contribution is -2.05. The SMILES string of the molecule is O=C1OC(c2ccc(Cl)c(Cl)c2)=N/C1=C\c1cccc(OCc2ccc(Cl)c(Cl)c2)c1. The third-order valence-corrected chi connectivity index (χ3v) is 5.82. The van der Waals surface area contributed by atoms with E-state index >= 15 is 0 Å². The van der Waals surface area contributed by atoms with Crippen LogP contribution >= 0.6 is 46.4 Å². The van der Waals surface area contributed by atoms with E-state index in [9.17, 15) is 4.79 Å². The van der Waals surface area contributed by atoms with Gasteiger partial charge in [-0.3, -0.25) is 0 Å². The van der Waals surface area contributed by atoms with Crippen LogP contribution in [-0.2, 0) is 16.1 Å². The van der Waals surface area contributed by atoms with Crippen LogP contribution in [-0.4, -0.2) is 11.9 Å². The number of nitrogens with zero attached hydrogens (tertiary/aromatic N) is 1. The first-order chi connectivity index (χ1) is 14.9. The molecule has 0 bridgehead atoms. The van der Waals surface area contributed by atoms with Crippen molar-refractivity contribution >= 4 is 64.3 Å². The minimum absolute atomic E-state index is 0.168. The van der Waals surface area contributed by atoms with Crippen molar-refractivity contribution in [1.29, 1.82) is 0 Å². The van der Waals surface area contributed by atoms with Gasteiger partial charge in [0.25, 0.3) is 0 Å². The molecule has 0 spiro atoms. The Labute approximate surface area is 198 Å². The molecule has 1 aliphatic heterocycles. The van der Waals surface area contributed by atoms with Crippen molar-refractivity contribution in [3.63, 3.8) is 0 Å². The van der Waals surface area contributed by atoms with Gasteiger partial charge in [0.05, 0.1) is 20.1 Å². The van der Waals surface area contributed by atoms with Crippen LogP contribution in [0.4, 0.5) is 0 Å². The Morgan fingerprint density at radius 2 is 1.61 bits per heavy atom. The number of ether oxygens (including phenoxy) is 2. The van der Waals surface area contributed by atoms with E-state index in [0.717, 1.165) is 11.1 Å². The zero-order valence-corrected chi connectivity index (χ0v) is 18.8. The summed E-state index contributed by atoms with van der Waals surface area (Å²) in [6.45, 7) is 0.318. The van der Waals surface area contributed by atoms with Gasteiger partial charge in [-0.25, -0.2) is 9.79 Å². The first-order valence-corrected chi connectivity index (χ1v) is 10.5. The van der Waals surface area contributed by atoms with Gasteiger partial charge in [-0.2, -0.15) is 0 Å². The standard InChI is InChI=1S/C23H13Cl4NO3/c24-17-6-4-14(9-19(17)26)12-30-16-3-1-2-13(8-16)10-21-23(29)31-22(28-21)15-5-7-18(25)20(27)11-15/h1-11H,12H2/b21-10-. The lowest BCUT2D eigenvalue weighted by atomic mass is 10.2. The predicted molar refractivity (Wildman–Crippen MR) is 124 cm³/mol. The van der Waals surface area contributed by atoms with Crippen molar-refractivity contribution in [2.24, 2.45) is 4.99 Å². The van der Waals surface area contributed by atoms with Crippen LogP contribution in [0.2, 0.25) is 20.1 Å². The Morgan fingerprint density at radius 3 is 2.35 bits per heavy atom. The van der Waals surface area contributed by atoms with Crippen molar-refractivity contribution in [1.82, 2.24) is 0 Å². The molecular formula is C23H13Cl4NO3. The number of aliphatic imine (C=N–C) groups is 1. The maximum Gasteiger partial charge on any atom is 0.363 e. The molecule has 8 heteroatoms. The normalized spacial score (nSPS) is 14.5. The fourth-order valence-electron chi connectivity index (χ4n) is 2.81. The van der Waals surface area contributed by atoms with Crippen molar-refractivity contribution in [3.05, 3.63) is 103 Å². The van der Waals surface area contributed by atoms with E-state index in [0.29, 0.717) is 38.0 Å². The Kier molecular flexibility index (Phi) is 6.54. The number of carbonyl (C=O) groups is 1. The molecule has 0 amide bonds. The van der Waals surface area contributed by atoms with Crippen LogP contribution in [0.5, 0.6) is 5.75 Å². The fourth-order valence-corrected chi connectivity index (χ4v) is 3.43. The molecule has 1 aliphatic rings. The molecule has 3 aromatic rings. The number of hydrogen-bond donors (Lipinski definition) is 0. The molecule has 0 aromatic heterocycles. The largest absolute Gasteiger partial charge is 0.489 e. The maximum absolute atomic E-state index is 12.3. The van der Waals surface area contributed by atoms with Crippen molar-refractivity contribution in [2.45, 2.75) is 6.61 Å². The van der Waals surface area contributed by atoms with Crippen molar-refractivity contribution in [3.8, 4) is 5.75 Å². The van der Waals surface area contributed by atoms with E-state index < -0.39 is 5.97 Å². The summed E-state index contributed by atoms with van der Waals surface area (Å²) in [6, 6.07) is 17.5. The van der Waals surface area contributed by atoms with Gasteiger partial charge in [0, 0.05) is 5.56 Å². The zero-order valence-electron chi connectivity index (χ0n) is 15.7. The highest BCUT2D eigenvalue weighted by atomic mass is 35.5. The second-order valence-electron chi connectivity index (χ2n) is 6.57. The highest BCUT2D eigenvalue weighted by molar-refractivity contribution is 6.42. The van der Waals surface area contributed by atoms with Crippen LogP contribution in [0, 0.1) is 0 Å². The lowest BCUT2D eigenvalue weighted by Gasteiger charge is -2.08. The molecule has 0 fully saturated rings. The molecule has 156 valence electrons. The molecule has 4 nitrogen and oxygen atoms in total. The molecule has 0 atom stereocenters. The first kappa shape index (κ1) is 21.7. The monoisotopic (exact) mass is 491 g/mol. The van der Waals surface area contributed by atoms with E-state index in [-0.39, 0.29) is 11.6 Å². The maximum atomic E-state index is 12.3. The Morgan fingerprint density at radius 1 is 0.871 bits per heavy atom. The number of carbonyl (C=O) groups excluding carboxylic acids is 1. The van der Waals surface area contributed by atoms with Crippen LogP contribution in [0.15, 0.2) is 71.4 Å². The molecule has 4 rings (SSSR count). The van der Waals surface area contributed by atoms with Crippen LogP contribution in [0.25, 0.3) is 6.08 Å². The summed E-state index contributed by atoms with van der Waals surface area (Å²) in [5.41, 5.74) is 2.35. The van der Waals surface area contributed by atoms with Gasteiger partial charge in [0.1, 0.15) is 12.4 Å². The lowest BCUT2D eigenvalue weighted by molar-refractivity contribution is -0.129. The van der Waals surface area contributed by atoms with Crippen LogP contribution in [0.1, 0.15) is 16.7 Å². The minimum atomic E-state index is -0.553. The van der Waals surface area contributed by atoms with Gasteiger partial charge in [-0.15, -0.1) is 0 Å². The summed E-state index contributed by atoms with van der Waals surface area (Å²) in [6.07, 6.45) is 1.62. The van der Waals surface area contributed by atoms with Gasteiger partial charge < -0.3 is 9.47 Å². The van der Waals surface area contributed by atoms with Crippen molar-refractivity contribution in [2.75, 3.05) is 0 Å². The Hall–Kier alpha value is -2.50. The molecule has 3 aromatic carbocycles. The van der Waals surface area contributed by atoms with E-state index in [2.05, 4.69) is 4.99 Å². The van der Waals surface area contributed by atoms with Gasteiger partial charge >= 0.3 is 5.97 Å². The number of hydrogen-bond acceptors (Lipinski definition) is 4. The molecule has 1 heterocycles. The Bertz CT molecular complexity index is 1240. The van der Waals surface area contributed by atoms with E-state index in [4.69, 9.17) is 55.9 Å². The minimum Gasteiger partial charge on any atom is -0.489 e. The topological polar surface area (TPSA) is 47.9 Å². The van der Waals surface area contributed by atoms with Gasteiger partial charge in [-0.1, -0.05) is 64.6 Å². The second kappa shape index (κ2) is 9.33. The molecule has 0 saturated heterocycles. The zero-order chi connectivity index (χ0) is 22.0. The van der Waals surface area contributed by atoms with E-state index in [1.165, 1.54) is 0 Å². The highest BCUT2D eigenvalue weighted by Gasteiger charge is 2.24. The summed E-state index contributed by atoms with van der Waals surface area (Å²) in [4.78, 5) is 16.5. The molecule has 0 radical (unpaired) electrons. The summed E-state index contributed by atoms with van der Waals surface area (Å²) in [7, 11) is 0. The number of halogens is 4. The van der Waals surface area contributed by atoms with Crippen LogP contribution in [0.3, 0.4) is 0 Å². The number of rotatable bonds is 5. The summed E-state index contributed by atoms with van der Waals surface area (Å²) < 4.78 is 11.1. The molecule has 0 unspecified atom stereocenters. The number of benzene rings is 3. The van der Waals surface area contributed by atoms with Gasteiger partial charge in [0.2, 0.25) is 5.90 Å². The molecule has 0 aliphatic carbocycles. The summed E-state index contributed by atoms with van der Waals surface area (Å²) >= 11 is 23.9. The predicted octanol–water partition coefficient (Wildman–Crippen LogP) is 7.22. The second-order valence-corrected chi connectivity index (χ2v) is 8.20. The van der Waals surface area contributed by atoms with E-state index in [1.54, 1.807) is 42.5 Å². The average molecular weight is 493 g/mol. The van der Waals surface area contributed by atoms with Gasteiger partial charge in [0.15, 0.2) is 5.70 Å². The average Bonchev–Trinajstić information content (AvgIpc) is 3.11. The molecule has 0 saturated carbocycles. The third-order valence-electron chi connectivity index (χ3n) is 4.34. The Balaban J connectivity index is 1.51. The summed E-state index contributed by atoms with van der Waals surface area (Å²) in [5, 5.41) is 1.71. The summed E-state index contributed by atoms with van der Waals surface area (Å²) in [5.74, 6) is 0.241. The highest BCUT2D eigenvalue weighted by Crippen LogP contribution is 2.27. The van der Waals surface area contributed by atoms with Crippen LogP contribution < -0.4 is 4.74 Å². The molecular weight excluding hydrogens is 480 g/mol. The number of esters is 1. The smallest absolute Gasteiger partial charge is 0.363 e. The van der Waals surface area contributed by atoms with E-state index in [1.807, 2.05) is 24.3 Å².